The van der Waals surface area contributed by atoms with E-state index in [1.54, 1.807) is 12.4 Å². The van der Waals surface area contributed by atoms with Crippen molar-refractivity contribution in [3.8, 4) is 17.0 Å². The Balaban J connectivity index is 1.40. The molecule has 6 heteroatoms. The molecule has 0 unspecified atom stereocenters. The second-order valence-electron chi connectivity index (χ2n) is 8.21. The number of nitrogens with zero attached hydrogens (tertiary/aromatic N) is 2. The summed E-state index contributed by atoms with van der Waals surface area (Å²) in [6, 6.07) is 21.5. The van der Waals surface area contributed by atoms with E-state index in [0.717, 1.165) is 53.9 Å². The smallest absolute Gasteiger partial charge is 0.253 e. The van der Waals surface area contributed by atoms with Crippen molar-refractivity contribution in [2.24, 2.45) is 0 Å². The molecular formula is C27H26N4O2. The molecule has 166 valence electrons. The van der Waals surface area contributed by atoms with Crippen LogP contribution in [0.15, 0.2) is 79.1 Å². The Kier molecular flexibility index (Phi) is 6.26. The number of hydrogen-bond donors (Lipinski definition) is 2. The first-order valence-electron chi connectivity index (χ1n) is 11.3. The van der Waals surface area contributed by atoms with E-state index >= 15 is 0 Å². The van der Waals surface area contributed by atoms with Crippen LogP contribution in [0.5, 0.6) is 5.75 Å². The Morgan fingerprint density at radius 1 is 1.03 bits per heavy atom. The number of para-hydroxylation sites is 1. The molecule has 4 aromatic rings. The molecule has 6 nitrogen and oxygen atoms in total. The number of amides is 1. The molecular weight excluding hydrogens is 412 g/mol. The first-order valence-corrected chi connectivity index (χ1v) is 11.3. The van der Waals surface area contributed by atoms with Crippen LogP contribution in [0.3, 0.4) is 0 Å². The molecule has 0 atom stereocenters. The van der Waals surface area contributed by atoms with Crippen LogP contribution in [0.1, 0.15) is 28.8 Å². The molecule has 0 spiro atoms. The maximum absolute atomic E-state index is 13.0. The average molecular weight is 439 g/mol. The highest BCUT2D eigenvalue weighted by Gasteiger charge is 2.16. The fraction of sp³-hybridized carbons (Fsp3) is 0.222. The van der Waals surface area contributed by atoms with Crippen LogP contribution in [0.2, 0.25) is 0 Å². The number of pyridine rings is 2. The van der Waals surface area contributed by atoms with Crippen LogP contribution in [0.25, 0.3) is 22.2 Å². The third kappa shape index (κ3) is 5.02. The second kappa shape index (κ2) is 9.79. The number of carbonyl (C=O) groups is 1. The van der Waals surface area contributed by atoms with Gasteiger partial charge in [-0.1, -0.05) is 36.4 Å². The average Bonchev–Trinajstić information content (AvgIpc) is 2.88. The normalized spacial score (nSPS) is 14.2. The lowest BCUT2D eigenvalue weighted by Crippen LogP contribution is -2.34. The van der Waals surface area contributed by atoms with Gasteiger partial charge in [0.05, 0.1) is 16.8 Å². The summed E-state index contributed by atoms with van der Waals surface area (Å²) in [5.41, 5.74) is 3.97. The van der Waals surface area contributed by atoms with Gasteiger partial charge in [0.2, 0.25) is 0 Å². The van der Waals surface area contributed by atoms with Crippen molar-refractivity contribution in [1.82, 2.24) is 20.6 Å². The second-order valence-corrected chi connectivity index (χ2v) is 8.21. The maximum atomic E-state index is 13.0. The van der Waals surface area contributed by atoms with Crippen LogP contribution >= 0.6 is 0 Å². The van der Waals surface area contributed by atoms with Gasteiger partial charge in [-0.3, -0.25) is 9.78 Å². The Morgan fingerprint density at radius 2 is 1.91 bits per heavy atom. The fourth-order valence-electron chi connectivity index (χ4n) is 4.11. The Morgan fingerprint density at radius 3 is 2.76 bits per heavy atom. The summed E-state index contributed by atoms with van der Waals surface area (Å²) in [4.78, 5) is 21.9. The van der Waals surface area contributed by atoms with E-state index in [4.69, 9.17) is 9.72 Å². The third-order valence-corrected chi connectivity index (χ3v) is 5.86. The van der Waals surface area contributed by atoms with Gasteiger partial charge in [-0.05, 0) is 61.8 Å². The van der Waals surface area contributed by atoms with E-state index in [9.17, 15) is 4.79 Å². The van der Waals surface area contributed by atoms with E-state index in [-0.39, 0.29) is 12.0 Å². The molecule has 0 aliphatic carbocycles. The minimum absolute atomic E-state index is 0.155. The van der Waals surface area contributed by atoms with E-state index < -0.39 is 0 Å². The summed E-state index contributed by atoms with van der Waals surface area (Å²) < 4.78 is 6.20. The molecule has 5 rings (SSSR count). The SMILES string of the molecule is O=C(NCc1cccnc1)c1cccc2ccc(-c3cccc(OC4CCNCC4)c3)nc12. The zero-order valence-electron chi connectivity index (χ0n) is 18.3. The monoisotopic (exact) mass is 438 g/mol. The number of piperidine rings is 1. The van der Waals surface area contributed by atoms with Gasteiger partial charge in [0.15, 0.2) is 0 Å². The van der Waals surface area contributed by atoms with Crippen LogP contribution in [-0.2, 0) is 6.54 Å². The van der Waals surface area contributed by atoms with Crippen molar-refractivity contribution >= 4 is 16.8 Å². The van der Waals surface area contributed by atoms with E-state index in [1.165, 1.54) is 0 Å². The predicted molar refractivity (Wildman–Crippen MR) is 129 cm³/mol. The highest BCUT2D eigenvalue weighted by atomic mass is 16.5. The lowest BCUT2D eigenvalue weighted by Gasteiger charge is -2.24. The molecule has 33 heavy (non-hydrogen) atoms. The van der Waals surface area contributed by atoms with Gasteiger partial charge in [-0.2, -0.15) is 0 Å². The third-order valence-electron chi connectivity index (χ3n) is 5.86. The van der Waals surface area contributed by atoms with Crippen molar-refractivity contribution in [1.29, 1.82) is 0 Å². The van der Waals surface area contributed by atoms with Crippen molar-refractivity contribution in [2.75, 3.05) is 13.1 Å². The van der Waals surface area contributed by atoms with E-state index in [0.29, 0.717) is 17.6 Å². The number of hydrogen-bond acceptors (Lipinski definition) is 5. The quantitative estimate of drug-likeness (QED) is 0.468. The standard InChI is InChI=1S/C27H26N4O2/c32-27(30-18-19-4-3-13-29-17-19)24-8-2-5-20-9-10-25(31-26(20)24)21-6-1-7-23(16-21)33-22-11-14-28-15-12-22/h1-10,13,16-17,22,28H,11-12,14-15,18H2,(H,30,32). The first kappa shape index (κ1) is 21.1. The number of nitrogens with one attached hydrogen (secondary N) is 2. The molecule has 3 heterocycles. The fourth-order valence-corrected chi connectivity index (χ4v) is 4.11. The maximum Gasteiger partial charge on any atom is 0.253 e. The zero-order chi connectivity index (χ0) is 22.5. The largest absolute Gasteiger partial charge is 0.490 e. The number of ether oxygens (including phenoxy) is 1. The molecule has 1 aliphatic rings. The summed E-state index contributed by atoms with van der Waals surface area (Å²) in [5.74, 6) is 0.695. The number of aromatic nitrogens is 2. The Labute approximate surface area is 193 Å². The van der Waals surface area contributed by atoms with E-state index in [2.05, 4.69) is 15.6 Å². The summed E-state index contributed by atoms with van der Waals surface area (Å²) in [5, 5.41) is 7.26. The Hall–Kier alpha value is -3.77. The molecule has 1 fully saturated rings. The van der Waals surface area contributed by atoms with Crippen LogP contribution < -0.4 is 15.4 Å². The van der Waals surface area contributed by atoms with Gasteiger partial charge in [-0.15, -0.1) is 0 Å². The molecule has 2 aromatic carbocycles. The number of fused-ring (bicyclic) bond motifs is 1. The molecule has 2 aromatic heterocycles. The number of carbonyl (C=O) groups excluding carboxylic acids is 1. The molecule has 1 aliphatic heterocycles. The minimum Gasteiger partial charge on any atom is -0.490 e. The van der Waals surface area contributed by atoms with E-state index in [1.807, 2.05) is 66.7 Å². The minimum atomic E-state index is -0.155. The summed E-state index contributed by atoms with van der Waals surface area (Å²) in [7, 11) is 0. The van der Waals surface area contributed by atoms with Gasteiger partial charge in [0, 0.05) is 29.9 Å². The molecule has 2 N–H and O–H groups in total. The molecule has 0 bridgehead atoms. The van der Waals surface area contributed by atoms with Crippen molar-refractivity contribution in [3.63, 3.8) is 0 Å². The Bertz CT molecular complexity index is 1250. The molecule has 0 saturated carbocycles. The van der Waals surface area contributed by atoms with Gasteiger partial charge >= 0.3 is 0 Å². The van der Waals surface area contributed by atoms with Gasteiger partial charge in [0.1, 0.15) is 11.9 Å². The van der Waals surface area contributed by atoms with Crippen LogP contribution in [-0.4, -0.2) is 35.1 Å². The summed E-state index contributed by atoms with van der Waals surface area (Å²) >= 11 is 0. The highest BCUT2D eigenvalue weighted by Crippen LogP contribution is 2.27. The van der Waals surface area contributed by atoms with Crippen LogP contribution in [0.4, 0.5) is 0 Å². The summed E-state index contributed by atoms with van der Waals surface area (Å²) in [6.07, 6.45) is 5.72. The highest BCUT2D eigenvalue weighted by molar-refractivity contribution is 6.05. The lowest BCUT2D eigenvalue weighted by molar-refractivity contribution is 0.0952. The number of benzene rings is 2. The van der Waals surface area contributed by atoms with Crippen LogP contribution in [0, 0.1) is 0 Å². The first-order chi connectivity index (χ1) is 16.3. The van der Waals surface area contributed by atoms with Gasteiger partial charge < -0.3 is 15.4 Å². The summed E-state index contributed by atoms with van der Waals surface area (Å²) in [6.45, 7) is 2.39. The van der Waals surface area contributed by atoms with Crippen molar-refractivity contribution < 1.29 is 9.53 Å². The topological polar surface area (TPSA) is 76.1 Å². The zero-order valence-corrected chi connectivity index (χ0v) is 18.3. The molecule has 0 radical (unpaired) electrons. The van der Waals surface area contributed by atoms with Crippen molar-refractivity contribution in [3.05, 3.63) is 90.3 Å². The molecule has 1 saturated heterocycles. The van der Waals surface area contributed by atoms with Crippen molar-refractivity contribution in [2.45, 2.75) is 25.5 Å². The van der Waals surface area contributed by atoms with Gasteiger partial charge in [0.25, 0.3) is 5.91 Å². The lowest BCUT2D eigenvalue weighted by atomic mass is 10.1. The predicted octanol–water partition coefficient (Wildman–Crippen LogP) is 4.36. The number of rotatable bonds is 6. The van der Waals surface area contributed by atoms with Gasteiger partial charge in [-0.25, -0.2) is 4.98 Å². The molecule has 1 amide bonds.